The molecule has 6 heteroatoms. The molecule has 0 saturated carbocycles. The van der Waals surface area contributed by atoms with Crippen molar-refractivity contribution in [1.29, 1.82) is 0 Å². The van der Waals surface area contributed by atoms with Crippen LogP contribution in [0.25, 0.3) is 0 Å². The van der Waals surface area contributed by atoms with Crippen molar-refractivity contribution >= 4 is 23.2 Å². The Kier molecular flexibility index (Phi) is 7.82. The summed E-state index contributed by atoms with van der Waals surface area (Å²) in [6.07, 6.45) is 0. The van der Waals surface area contributed by atoms with Gasteiger partial charge in [0.05, 0.1) is 6.54 Å². The van der Waals surface area contributed by atoms with Gasteiger partial charge < -0.3 is 20.3 Å². The number of carbonyl (C=O) groups is 2. The molecule has 1 atom stereocenters. The number of amides is 2. The number of likely N-dealkylation sites (N-methyl/N-ethyl adjacent to an activating group) is 1. The van der Waals surface area contributed by atoms with Crippen molar-refractivity contribution in [3.63, 3.8) is 0 Å². The Balaban J connectivity index is 1.76. The average Bonchev–Trinajstić information content (AvgIpc) is 2.63. The first-order chi connectivity index (χ1) is 13.0. The van der Waals surface area contributed by atoms with Crippen molar-refractivity contribution in [2.24, 2.45) is 0 Å². The normalized spacial score (nSPS) is 11.5. The summed E-state index contributed by atoms with van der Waals surface area (Å²) in [4.78, 5) is 24.4. The molecule has 0 bridgehead atoms. The van der Waals surface area contributed by atoms with Crippen LogP contribution < -0.4 is 20.3 Å². The van der Waals surface area contributed by atoms with Crippen LogP contribution in [0.5, 0.6) is 5.75 Å². The molecule has 0 spiro atoms. The fourth-order valence-corrected chi connectivity index (χ4v) is 2.61. The van der Waals surface area contributed by atoms with Crippen LogP contribution in [0.1, 0.15) is 19.4 Å². The van der Waals surface area contributed by atoms with Crippen molar-refractivity contribution in [2.45, 2.75) is 20.8 Å². The van der Waals surface area contributed by atoms with E-state index in [9.17, 15) is 9.59 Å². The van der Waals surface area contributed by atoms with Gasteiger partial charge in [-0.15, -0.1) is 0 Å². The molecule has 6 nitrogen and oxygen atoms in total. The Bertz CT molecular complexity index is 742. The molecule has 144 valence electrons. The quantitative estimate of drug-likeness (QED) is 0.631. The zero-order valence-corrected chi connectivity index (χ0v) is 16.2. The van der Waals surface area contributed by atoms with Crippen molar-refractivity contribution in [1.82, 2.24) is 0 Å². The van der Waals surface area contributed by atoms with Gasteiger partial charge in [0.15, 0.2) is 6.54 Å². The number of nitrogens with one attached hydrogen (secondary N) is 3. The molecule has 1 unspecified atom stereocenters. The number of anilines is 2. The molecule has 0 radical (unpaired) electrons. The van der Waals surface area contributed by atoms with Crippen LogP contribution in [0.4, 0.5) is 11.4 Å². The molecule has 2 aromatic carbocycles. The number of hydrogen-bond donors (Lipinski definition) is 3. The zero-order chi connectivity index (χ0) is 19.6. The van der Waals surface area contributed by atoms with E-state index in [1.54, 1.807) is 24.3 Å². The molecule has 0 saturated heterocycles. The van der Waals surface area contributed by atoms with E-state index in [0.29, 0.717) is 24.5 Å². The smallest absolute Gasteiger partial charge is 0.279 e. The number of carbonyl (C=O) groups excluding carboxylic acids is 2. The standard InChI is InChI=1S/C21H27N3O3/c1-4-24(13-14-27-20-11-5-16(2)6-12-20)15-21(26)23-19-9-7-18(8-10-19)22-17(3)25/h5-12H,4,13-15H2,1-3H3,(H,22,25)(H,23,26)/p+1. The Morgan fingerprint density at radius 2 is 1.56 bits per heavy atom. The predicted octanol–water partition coefficient (Wildman–Crippen LogP) is 1.88. The summed E-state index contributed by atoms with van der Waals surface area (Å²) in [5.41, 5.74) is 2.61. The van der Waals surface area contributed by atoms with Crippen LogP contribution in [0, 0.1) is 6.92 Å². The molecule has 2 aromatic rings. The Morgan fingerprint density at radius 3 is 2.11 bits per heavy atom. The van der Waals surface area contributed by atoms with Gasteiger partial charge in [0, 0.05) is 18.3 Å². The second kappa shape index (κ2) is 10.3. The van der Waals surface area contributed by atoms with E-state index in [4.69, 9.17) is 4.74 Å². The minimum atomic E-state index is -0.123. The first-order valence-corrected chi connectivity index (χ1v) is 9.17. The summed E-state index contributed by atoms with van der Waals surface area (Å²) in [5, 5.41) is 5.58. The fourth-order valence-electron chi connectivity index (χ4n) is 2.61. The van der Waals surface area contributed by atoms with Gasteiger partial charge in [-0.05, 0) is 50.2 Å². The van der Waals surface area contributed by atoms with Crippen molar-refractivity contribution in [2.75, 3.05) is 36.9 Å². The second-order valence-corrected chi connectivity index (χ2v) is 6.50. The highest BCUT2D eigenvalue weighted by Gasteiger charge is 2.13. The number of aryl methyl sites for hydroxylation is 1. The Labute approximate surface area is 160 Å². The van der Waals surface area contributed by atoms with E-state index in [2.05, 4.69) is 17.6 Å². The summed E-state index contributed by atoms with van der Waals surface area (Å²) in [6.45, 7) is 8.08. The molecule has 0 aliphatic rings. The van der Waals surface area contributed by atoms with Crippen LogP contribution in [-0.4, -0.2) is 38.1 Å². The van der Waals surface area contributed by atoms with E-state index in [-0.39, 0.29) is 11.8 Å². The average molecular weight is 370 g/mol. The number of quaternary nitrogens is 1. The molecular formula is C21H28N3O3+. The van der Waals surface area contributed by atoms with Gasteiger partial charge in [0.25, 0.3) is 5.91 Å². The topological polar surface area (TPSA) is 71.9 Å². The third kappa shape index (κ3) is 7.50. The number of hydrogen-bond acceptors (Lipinski definition) is 3. The van der Waals surface area contributed by atoms with E-state index in [1.165, 1.54) is 12.5 Å². The van der Waals surface area contributed by atoms with E-state index in [0.717, 1.165) is 23.7 Å². The molecule has 0 heterocycles. The Hall–Kier alpha value is -2.86. The maximum Gasteiger partial charge on any atom is 0.279 e. The largest absolute Gasteiger partial charge is 0.488 e. The molecule has 0 aliphatic carbocycles. The van der Waals surface area contributed by atoms with Crippen LogP contribution >= 0.6 is 0 Å². The van der Waals surface area contributed by atoms with Gasteiger partial charge in [-0.3, -0.25) is 9.59 Å². The van der Waals surface area contributed by atoms with Gasteiger partial charge in [0.1, 0.15) is 18.9 Å². The highest BCUT2D eigenvalue weighted by molar-refractivity contribution is 5.92. The third-order valence-corrected chi connectivity index (χ3v) is 4.14. The molecule has 2 amide bonds. The van der Waals surface area contributed by atoms with Gasteiger partial charge in [0.2, 0.25) is 5.91 Å². The lowest BCUT2D eigenvalue weighted by Crippen LogP contribution is -3.13. The number of ether oxygens (including phenoxy) is 1. The molecule has 3 N–H and O–H groups in total. The predicted molar refractivity (Wildman–Crippen MR) is 107 cm³/mol. The SMILES string of the molecule is CC[NH+](CCOc1ccc(C)cc1)CC(=O)Nc1ccc(NC(C)=O)cc1. The fraction of sp³-hybridized carbons (Fsp3) is 0.333. The summed E-state index contributed by atoms with van der Waals surface area (Å²) in [5.74, 6) is 0.677. The van der Waals surface area contributed by atoms with Crippen molar-refractivity contribution in [3.8, 4) is 5.75 Å². The van der Waals surface area contributed by atoms with E-state index >= 15 is 0 Å². The molecule has 0 fully saturated rings. The summed E-state index contributed by atoms with van der Waals surface area (Å²) >= 11 is 0. The van der Waals surface area contributed by atoms with Crippen LogP contribution in [0.3, 0.4) is 0 Å². The zero-order valence-electron chi connectivity index (χ0n) is 16.2. The van der Waals surface area contributed by atoms with E-state index < -0.39 is 0 Å². The molecule has 0 aromatic heterocycles. The molecule has 27 heavy (non-hydrogen) atoms. The summed E-state index contributed by atoms with van der Waals surface area (Å²) in [6, 6.07) is 15.0. The highest BCUT2D eigenvalue weighted by atomic mass is 16.5. The molecule has 2 rings (SSSR count). The van der Waals surface area contributed by atoms with Crippen LogP contribution in [-0.2, 0) is 9.59 Å². The molecular weight excluding hydrogens is 342 g/mol. The number of benzene rings is 2. The van der Waals surface area contributed by atoms with Crippen LogP contribution in [0.2, 0.25) is 0 Å². The molecule has 0 aliphatic heterocycles. The Morgan fingerprint density at radius 1 is 0.963 bits per heavy atom. The van der Waals surface area contributed by atoms with Gasteiger partial charge in [-0.25, -0.2) is 0 Å². The second-order valence-electron chi connectivity index (χ2n) is 6.50. The maximum atomic E-state index is 12.3. The minimum Gasteiger partial charge on any atom is -0.488 e. The third-order valence-electron chi connectivity index (χ3n) is 4.14. The van der Waals surface area contributed by atoms with Gasteiger partial charge in [-0.1, -0.05) is 17.7 Å². The van der Waals surface area contributed by atoms with Gasteiger partial charge in [-0.2, -0.15) is 0 Å². The lowest BCUT2D eigenvalue weighted by molar-refractivity contribution is -0.889. The van der Waals surface area contributed by atoms with Crippen molar-refractivity contribution < 1.29 is 19.2 Å². The lowest BCUT2D eigenvalue weighted by atomic mass is 10.2. The van der Waals surface area contributed by atoms with E-state index in [1.807, 2.05) is 31.2 Å². The van der Waals surface area contributed by atoms with Crippen molar-refractivity contribution in [3.05, 3.63) is 54.1 Å². The first kappa shape index (κ1) is 20.5. The summed E-state index contributed by atoms with van der Waals surface area (Å²) in [7, 11) is 0. The maximum absolute atomic E-state index is 12.3. The first-order valence-electron chi connectivity index (χ1n) is 9.17. The number of rotatable bonds is 9. The minimum absolute atomic E-state index is 0.0468. The monoisotopic (exact) mass is 370 g/mol. The summed E-state index contributed by atoms with van der Waals surface area (Å²) < 4.78 is 5.75. The van der Waals surface area contributed by atoms with Crippen LogP contribution in [0.15, 0.2) is 48.5 Å². The highest BCUT2D eigenvalue weighted by Crippen LogP contribution is 2.13. The lowest BCUT2D eigenvalue weighted by Gasteiger charge is -2.17. The van der Waals surface area contributed by atoms with Gasteiger partial charge >= 0.3 is 0 Å².